The SMILES string of the molecule is CCCNC(c1ccc(CC)cc1)C(C)Sc1nccs1. The first-order valence-electron chi connectivity index (χ1n) is 7.63. The summed E-state index contributed by atoms with van der Waals surface area (Å²) in [6, 6.07) is 9.40. The number of thiazole rings is 1. The summed E-state index contributed by atoms with van der Waals surface area (Å²) < 4.78 is 1.15. The molecule has 0 amide bonds. The van der Waals surface area contributed by atoms with Gasteiger partial charge in [0.05, 0.1) is 0 Å². The van der Waals surface area contributed by atoms with Crippen LogP contribution in [0.15, 0.2) is 40.2 Å². The van der Waals surface area contributed by atoms with Crippen LogP contribution in [0, 0.1) is 0 Å². The zero-order valence-corrected chi connectivity index (χ0v) is 14.6. The fourth-order valence-electron chi connectivity index (χ4n) is 2.31. The lowest BCUT2D eigenvalue weighted by Gasteiger charge is -2.25. The minimum atomic E-state index is 0.366. The van der Waals surface area contributed by atoms with Crippen LogP contribution in [0.5, 0.6) is 0 Å². The Hall–Kier alpha value is -0.840. The summed E-state index contributed by atoms with van der Waals surface area (Å²) in [5.41, 5.74) is 2.77. The van der Waals surface area contributed by atoms with Gasteiger partial charge in [0.2, 0.25) is 0 Å². The highest BCUT2D eigenvalue weighted by Crippen LogP contribution is 2.33. The molecule has 0 saturated carbocycles. The Morgan fingerprint density at radius 3 is 2.57 bits per heavy atom. The first kappa shape index (κ1) is 16.5. The molecule has 0 fully saturated rings. The Morgan fingerprint density at radius 1 is 1.24 bits per heavy atom. The van der Waals surface area contributed by atoms with Crippen LogP contribution in [0.1, 0.15) is 44.4 Å². The van der Waals surface area contributed by atoms with Gasteiger partial charge in [0.1, 0.15) is 4.34 Å². The van der Waals surface area contributed by atoms with Crippen LogP contribution in [-0.4, -0.2) is 16.8 Å². The van der Waals surface area contributed by atoms with Crippen molar-refractivity contribution in [2.45, 2.75) is 49.2 Å². The molecule has 0 aliphatic carbocycles. The van der Waals surface area contributed by atoms with E-state index >= 15 is 0 Å². The number of rotatable bonds is 8. The fourth-order valence-corrected chi connectivity index (χ4v) is 4.34. The number of nitrogens with zero attached hydrogens (tertiary/aromatic N) is 1. The maximum atomic E-state index is 4.39. The molecule has 114 valence electrons. The van der Waals surface area contributed by atoms with E-state index in [1.165, 1.54) is 11.1 Å². The molecule has 1 heterocycles. The van der Waals surface area contributed by atoms with E-state index in [1.54, 1.807) is 11.3 Å². The quantitative estimate of drug-likeness (QED) is 0.698. The maximum Gasteiger partial charge on any atom is 0.150 e. The number of hydrogen-bond donors (Lipinski definition) is 1. The summed E-state index contributed by atoms with van der Waals surface area (Å²) in [5, 5.41) is 6.19. The third-order valence-electron chi connectivity index (χ3n) is 3.53. The molecule has 4 heteroatoms. The van der Waals surface area contributed by atoms with Crippen molar-refractivity contribution < 1.29 is 0 Å². The molecule has 21 heavy (non-hydrogen) atoms. The predicted octanol–water partition coefficient (Wildman–Crippen LogP) is 4.93. The minimum Gasteiger partial charge on any atom is -0.309 e. The molecule has 0 bridgehead atoms. The number of thioether (sulfide) groups is 1. The van der Waals surface area contributed by atoms with E-state index in [9.17, 15) is 0 Å². The van der Waals surface area contributed by atoms with E-state index < -0.39 is 0 Å². The van der Waals surface area contributed by atoms with Crippen molar-refractivity contribution in [2.24, 2.45) is 0 Å². The molecule has 0 aliphatic heterocycles. The van der Waals surface area contributed by atoms with Crippen molar-refractivity contribution in [1.29, 1.82) is 0 Å². The van der Waals surface area contributed by atoms with E-state index in [0.29, 0.717) is 11.3 Å². The summed E-state index contributed by atoms with van der Waals surface area (Å²) in [6.45, 7) is 7.74. The number of hydrogen-bond acceptors (Lipinski definition) is 4. The normalized spacial score (nSPS) is 14.0. The van der Waals surface area contributed by atoms with Gasteiger partial charge in [0, 0.05) is 22.9 Å². The monoisotopic (exact) mass is 320 g/mol. The third kappa shape index (κ3) is 4.83. The summed E-state index contributed by atoms with van der Waals surface area (Å²) in [4.78, 5) is 4.39. The van der Waals surface area contributed by atoms with Crippen LogP contribution < -0.4 is 5.32 Å². The second-order valence-corrected chi connectivity index (χ2v) is 7.67. The summed E-state index contributed by atoms with van der Waals surface area (Å²) in [5.74, 6) is 0. The zero-order valence-electron chi connectivity index (χ0n) is 13.0. The molecule has 0 spiro atoms. The molecule has 2 atom stereocenters. The van der Waals surface area contributed by atoms with E-state index in [0.717, 1.165) is 23.7 Å². The van der Waals surface area contributed by atoms with Crippen LogP contribution in [-0.2, 0) is 6.42 Å². The molecule has 2 nitrogen and oxygen atoms in total. The number of aromatic nitrogens is 1. The Morgan fingerprint density at radius 2 is 2.00 bits per heavy atom. The number of aryl methyl sites for hydroxylation is 1. The van der Waals surface area contributed by atoms with Crippen LogP contribution in [0.25, 0.3) is 0 Å². The van der Waals surface area contributed by atoms with Gasteiger partial charge in [-0.1, -0.05) is 56.8 Å². The van der Waals surface area contributed by atoms with Crippen LogP contribution in [0.4, 0.5) is 0 Å². The second-order valence-electron chi connectivity index (χ2n) is 5.15. The maximum absolute atomic E-state index is 4.39. The molecule has 2 unspecified atom stereocenters. The van der Waals surface area contributed by atoms with Crippen molar-refractivity contribution in [3.05, 3.63) is 47.0 Å². The fraction of sp³-hybridized carbons (Fsp3) is 0.471. The predicted molar refractivity (Wildman–Crippen MR) is 94.3 cm³/mol. The van der Waals surface area contributed by atoms with Gasteiger partial charge < -0.3 is 5.32 Å². The Kier molecular flexibility index (Phi) is 6.74. The molecule has 1 aromatic carbocycles. The molecular weight excluding hydrogens is 296 g/mol. The average molecular weight is 321 g/mol. The van der Waals surface area contributed by atoms with E-state index in [4.69, 9.17) is 0 Å². The number of nitrogens with one attached hydrogen (secondary N) is 1. The van der Waals surface area contributed by atoms with Gasteiger partial charge in [-0.05, 0) is 30.5 Å². The summed E-state index contributed by atoms with van der Waals surface area (Å²) in [6.07, 6.45) is 4.12. The van der Waals surface area contributed by atoms with Crippen molar-refractivity contribution in [2.75, 3.05) is 6.54 Å². The van der Waals surface area contributed by atoms with Gasteiger partial charge >= 0.3 is 0 Å². The van der Waals surface area contributed by atoms with Gasteiger partial charge in [-0.3, -0.25) is 0 Å². The first-order valence-corrected chi connectivity index (χ1v) is 9.38. The van der Waals surface area contributed by atoms with E-state index in [1.807, 2.05) is 23.3 Å². The van der Waals surface area contributed by atoms with Crippen LogP contribution in [0.2, 0.25) is 0 Å². The summed E-state index contributed by atoms with van der Waals surface area (Å²) >= 11 is 3.58. The Bertz CT molecular complexity index is 508. The molecule has 2 aromatic rings. The second kappa shape index (κ2) is 8.57. The van der Waals surface area contributed by atoms with Crippen LogP contribution in [0.3, 0.4) is 0 Å². The molecule has 0 saturated heterocycles. The zero-order chi connectivity index (χ0) is 15.1. The highest BCUT2D eigenvalue weighted by Gasteiger charge is 2.20. The largest absolute Gasteiger partial charge is 0.309 e. The van der Waals surface area contributed by atoms with Crippen molar-refractivity contribution in [3.63, 3.8) is 0 Å². The van der Waals surface area contributed by atoms with Crippen molar-refractivity contribution >= 4 is 23.1 Å². The average Bonchev–Trinajstić information content (AvgIpc) is 3.01. The van der Waals surface area contributed by atoms with Gasteiger partial charge in [-0.2, -0.15) is 0 Å². The van der Waals surface area contributed by atoms with Gasteiger partial charge in [-0.25, -0.2) is 4.98 Å². The Balaban J connectivity index is 2.11. The molecule has 0 aliphatic rings. The van der Waals surface area contributed by atoms with Crippen LogP contribution >= 0.6 is 23.1 Å². The molecule has 2 rings (SSSR count). The highest BCUT2D eigenvalue weighted by molar-refractivity contribution is 8.01. The van der Waals surface area contributed by atoms with Gasteiger partial charge in [-0.15, -0.1) is 11.3 Å². The Labute approximate surface area is 136 Å². The molecule has 1 N–H and O–H groups in total. The molecule has 1 aromatic heterocycles. The lowest BCUT2D eigenvalue weighted by Crippen LogP contribution is -2.29. The lowest BCUT2D eigenvalue weighted by atomic mass is 10.0. The lowest BCUT2D eigenvalue weighted by molar-refractivity contribution is 0.528. The first-order chi connectivity index (χ1) is 10.2. The molecule has 0 radical (unpaired) electrons. The van der Waals surface area contributed by atoms with E-state index in [2.05, 4.69) is 55.3 Å². The third-order valence-corrected chi connectivity index (χ3v) is 5.62. The number of benzene rings is 1. The van der Waals surface area contributed by atoms with Crippen molar-refractivity contribution in [1.82, 2.24) is 10.3 Å². The molecular formula is C17H24N2S2. The van der Waals surface area contributed by atoms with Gasteiger partial charge in [0.15, 0.2) is 0 Å². The smallest absolute Gasteiger partial charge is 0.150 e. The van der Waals surface area contributed by atoms with Gasteiger partial charge in [0.25, 0.3) is 0 Å². The minimum absolute atomic E-state index is 0.366. The topological polar surface area (TPSA) is 24.9 Å². The van der Waals surface area contributed by atoms with Crippen molar-refractivity contribution in [3.8, 4) is 0 Å². The van der Waals surface area contributed by atoms with E-state index in [-0.39, 0.29) is 0 Å². The highest BCUT2D eigenvalue weighted by atomic mass is 32.2. The summed E-state index contributed by atoms with van der Waals surface area (Å²) in [7, 11) is 0. The standard InChI is InChI=1S/C17H24N2S2/c1-4-10-18-16(13(3)21-17-19-11-12-20-17)15-8-6-14(5-2)7-9-15/h6-9,11-13,16,18H,4-5,10H2,1-3H3.